The van der Waals surface area contributed by atoms with E-state index >= 15 is 0 Å². The Bertz CT molecular complexity index is 785. The molecule has 27 heavy (non-hydrogen) atoms. The van der Waals surface area contributed by atoms with Crippen LogP contribution in [0.3, 0.4) is 0 Å². The number of hydrogen-bond acceptors (Lipinski definition) is 5. The summed E-state index contributed by atoms with van der Waals surface area (Å²) in [4.78, 5) is 35.1. The van der Waals surface area contributed by atoms with Crippen molar-refractivity contribution in [2.75, 3.05) is 26.1 Å². The predicted molar refractivity (Wildman–Crippen MR) is 101 cm³/mol. The minimum absolute atomic E-state index is 0.276. The molecule has 0 aliphatic rings. The topological polar surface area (TPSA) is 93.7 Å². The molecule has 2 N–H and O–H groups in total. The Morgan fingerprint density at radius 2 is 1.56 bits per heavy atom. The summed E-state index contributed by atoms with van der Waals surface area (Å²) in [5.41, 5.74) is 1.94. The summed E-state index contributed by atoms with van der Waals surface area (Å²) in [6.07, 6.45) is 0.383. The van der Waals surface area contributed by atoms with Crippen LogP contribution >= 0.6 is 0 Å². The van der Waals surface area contributed by atoms with Gasteiger partial charge in [-0.25, -0.2) is 4.79 Å². The minimum Gasteiger partial charge on any atom is -0.497 e. The van der Waals surface area contributed by atoms with E-state index in [-0.39, 0.29) is 12.3 Å². The van der Waals surface area contributed by atoms with Gasteiger partial charge in [-0.15, -0.1) is 0 Å². The molecule has 7 nitrogen and oxygen atoms in total. The maximum Gasteiger partial charge on any atom is 0.337 e. The summed E-state index contributed by atoms with van der Waals surface area (Å²) in [6.45, 7) is 0.437. The molecule has 0 aromatic heterocycles. The molecule has 0 radical (unpaired) electrons. The Balaban J connectivity index is 1.73. The summed E-state index contributed by atoms with van der Waals surface area (Å²) in [6, 6.07) is 13.8. The number of methoxy groups -OCH3 is 2. The van der Waals surface area contributed by atoms with Crippen molar-refractivity contribution in [3.63, 3.8) is 0 Å². The van der Waals surface area contributed by atoms with Gasteiger partial charge in [0.25, 0.3) is 0 Å². The second-order valence-electron chi connectivity index (χ2n) is 5.74. The summed E-state index contributed by atoms with van der Waals surface area (Å²) in [5, 5.41) is 5.33. The molecule has 0 saturated carbocycles. The lowest BCUT2D eigenvalue weighted by Crippen LogP contribution is -2.29. The number of esters is 1. The number of nitrogens with one attached hydrogen (secondary N) is 2. The number of carbonyl (C=O) groups is 3. The van der Waals surface area contributed by atoms with Gasteiger partial charge in [0.1, 0.15) is 12.2 Å². The SMILES string of the molecule is COC(=O)c1ccc(NC(=O)CC(=O)NCCc2ccc(OC)cc2)cc1. The monoisotopic (exact) mass is 370 g/mol. The second-order valence-corrected chi connectivity index (χ2v) is 5.74. The molecule has 2 aromatic carbocycles. The molecular formula is C20H22N2O5. The molecule has 2 aromatic rings. The molecule has 142 valence electrons. The van der Waals surface area contributed by atoms with E-state index in [4.69, 9.17) is 4.74 Å². The fourth-order valence-electron chi connectivity index (χ4n) is 2.36. The van der Waals surface area contributed by atoms with Crippen LogP contribution in [0, 0.1) is 0 Å². The van der Waals surface area contributed by atoms with Crippen LogP contribution in [0.2, 0.25) is 0 Å². The van der Waals surface area contributed by atoms with Gasteiger partial charge in [0, 0.05) is 12.2 Å². The lowest BCUT2D eigenvalue weighted by atomic mass is 10.1. The smallest absolute Gasteiger partial charge is 0.337 e. The van der Waals surface area contributed by atoms with E-state index < -0.39 is 11.9 Å². The van der Waals surface area contributed by atoms with Crippen LogP contribution in [-0.2, 0) is 20.7 Å². The molecule has 0 unspecified atom stereocenters. The average molecular weight is 370 g/mol. The van der Waals surface area contributed by atoms with E-state index in [0.717, 1.165) is 11.3 Å². The molecule has 2 amide bonds. The number of benzene rings is 2. The Kier molecular flexibility index (Phi) is 7.37. The van der Waals surface area contributed by atoms with Crippen molar-refractivity contribution < 1.29 is 23.9 Å². The highest BCUT2D eigenvalue weighted by Crippen LogP contribution is 2.12. The van der Waals surface area contributed by atoms with Crippen molar-refractivity contribution in [1.29, 1.82) is 0 Å². The van der Waals surface area contributed by atoms with Gasteiger partial charge in [-0.05, 0) is 48.4 Å². The van der Waals surface area contributed by atoms with Crippen molar-refractivity contribution in [2.24, 2.45) is 0 Å². The Morgan fingerprint density at radius 3 is 2.15 bits per heavy atom. The van der Waals surface area contributed by atoms with Crippen LogP contribution in [-0.4, -0.2) is 38.5 Å². The first-order chi connectivity index (χ1) is 13.0. The molecule has 0 heterocycles. The fourth-order valence-corrected chi connectivity index (χ4v) is 2.36. The quantitative estimate of drug-likeness (QED) is 0.549. The first-order valence-corrected chi connectivity index (χ1v) is 8.39. The number of hydrogen-bond donors (Lipinski definition) is 2. The maximum absolute atomic E-state index is 11.9. The first kappa shape index (κ1) is 20.0. The lowest BCUT2D eigenvalue weighted by Gasteiger charge is -2.08. The molecule has 0 bridgehead atoms. The highest BCUT2D eigenvalue weighted by atomic mass is 16.5. The van der Waals surface area contributed by atoms with Crippen LogP contribution in [0.25, 0.3) is 0 Å². The molecule has 0 spiro atoms. The van der Waals surface area contributed by atoms with Gasteiger partial charge in [-0.2, -0.15) is 0 Å². The van der Waals surface area contributed by atoms with Crippen molar-refractivity contribution in [3.05, 3.63) is 59.7 Å². The zero-order valence-electron chi connectivity index (χ0n) is 15.3. The molecule has 2 rings (SSSR count). The number of amides is 2. The van der Waals surface area contributed by atoms with Gasteiger partial charge >= 0.3 is 5.97 Å². The van der Waals surface area contributed by atoms with Crippen LogP contribution in [0.4, 0.5) is 5.69 Å². The van der Waals surface area contributed by atoms with Gasteiger partial charge in [-0.3, -0.25) is 9.59 Å². The van der Waals surface area contributed by atoms with Crippen LogP contribution in [0.5, 0.6) is 5.75 Å². The Hall–Kier alpha value is -3.35. The summed E-state index contributed by atoms with van der Waals surface area (Å²) in [7, 11) is 2.90. The number of carbonyl (C=O) groups excluding carboxylic acids is 3. The van der Waals surface area contributed by atoms with Gasteiger partial charge in [0.2, 0.25) is 11.8 Å². The van der Waals surface area contributed by atoms with E-state index in [1.807, 2.05) is 24.3 Å². The van der Waals surface area contributed by atoms with Crippen molar-refractivity contribution >= 4 is 23.5 Å². The van der Waals surface area contributed by atoms with E-state index in [9.17, 15) is 14.4 Å². The molecule has 0 atom stereocenters. The molecular weight excluding hydrogens is 348 g/mol. The maximum atomic E-state index is 11.9. The highest BCUT2D eigenvalue weighted by Gasteiger charge is 2.10. The standard InChI is InChI=1S/C20H22N2O5/c1-26-17-9-3-14(4-10-17)11-12-21-18(23)13-19(24)22-16-7-5-15(6-8-16)20(25)27-2/h3-10H,11-13H2,1-2H3,(H,21,23)(H,22,24). The largest absolute Gasteiger partial charge is 0.497 e. The third-order valence-electron chi connectivity index (χ3n) is 3.81. The van der Waals surface area contributed by atoms with Gasteiger partial charge in [0.05, 0.1) is 19.8 Å². The summed E-state index contributed by atoms with van der Waals surface area (Å²) >= 11 is 0. The van der Waals surface area contributed by atoms with E-state index in [1.165, 1.54) is 19.2 Å². The third-order valence-corrected chi connectivity index (χ3v) is 3.81. The molecule has 0 aliphatic carbocycles. The van der Waals surface area contributed by atoms with E-state index in [2.05, 4.69) is 15.4 Å². The number of ether oxygens (including phenoxy) is 2. The Labute approximate surface area is 157 Å². The molecule has 7 heteroatoms. The van der Waals surface area contributed by atoms with Crippen molar-refractivity contribution in [2.45, 2.75) is 12.8 Å². The van der Waals surface area contributed by atoms with Crippen molar-refractivity contribution in [1.82, 2.24) is 5.32 Å². The van der Waals surface area contributed by atoms with Crippen LogP contribution in [0.1, 0.15) is 22.3 Å². The third kappa shape index (κ3) is 6.47. The number of rotatable bonds is 8. The van der Waals surface area contributed by atoms with Gasteiger partial charge < -0.3 is 20.1 Å². The van der Waals surface area contributed by atoms with Gasteiger partial charge in [-0.1, -0.05) is 12.1 Å². The van der Waals surface area contributed by atoms with E-state index in [1.54, 1.807) is 19.2 Å². The summed E-state index contributed by atoms with van der Waals surface area (Å²) < 4.78 is 9.70. The molecule has 0 saturated heterocycles. The van der Waals surface area contributed by atoms with Crippen LogP contribution < -0.4 is 15.4 Å². The normalized spacial score (nSPS) is 10.0. The summed E-state index contributed by atoms with van der Waals surface area (Å²) in [5.74, 6) is -0.460. The highest BCUT2D eigenvalue weighted by molar-refractivity contribution is 6.03. The Morgan fingerprint density at radius 1 is 0.889 bits per heavy atom. The first-order valence-electron chi connectivity index (χ1n) is 8.39. The average Bonchev–Trinajstić information content (AvgIpc) is 2.68. The van der Waals surface area contributed by atoms with E-state index in [0.29, 0.717) is 24.2 Å². The molecule has 0 aliphatic heterocycles. The van der Waals surface area contributed by atoms with Crippen molar-refractivity contribution in [3.8, 4) is 5.75 Å². The van der Waals surface area contributed by atoms with Gasteiger partial charge in [0.15, 0.2) is 0 Å². The second kappa shape index (κ2) is 9.96. The minimum atomic E-state index is -0.455. The number of anilines is 1. The lowest BCUT2D eigenvalue weighted by molar-refractivity contribution is -0.126. The molecule has 0 fully saturated rings. The predicted octanol–water partition coefficient (Wildman–Crippen LogP) is 2.17. The fraction of sp³-hybridized carbons (Fsp3) is 0.250. The van der Waals surface area contributed by atoms with Crippen LogP contribution in [0.15, 0.2) is 48.5 Å². The zero-order chi connectivity index (χ0) is 19.6. The zero-order valence-corrected chi connectivity index (χ0v) is 15.3.